The van der Waals surface area contributed by atoms with Gasteiger partial charge in [-0.2, -0.15) is 0 Å². The summed E-state index contributed by atoms with van der Waals surface area (Å²) in [6.07, 6.45) is 0. The lowest BCUT2D eigenvalue weighted by molar-refractivity contribution is 1.03. The minimum absolute atomic E-state index is 0.268. The molecule has 0 bridgehead atoms. The normalized spacial score (nSPS) is 20.8. The minimum atomic E-state index is 0.268. The van der Waals surface area contributed by atoms with Crippen molar-refractivity contribution in [3.63, 3.8) is 0 Å². The van der Waals surface area contributed by atoms with Crippen LogP contribution in [0.25, 0.3) is 0 Å². The Hall–Kier alpha value is -2.04. The number of thioether (sulfide) groups is 2. The lowest BCUT2D eigenvalue weighted by Crippen LogP contribution is -2.09. The van der Waals surface area contributed by atoms with E-state index in [4.69, 9.17) is 0 Å². The topological polar surface area (TPSA) is 24.1 Å². The molecule has 2 aliphatic heterocycles. The largest absolute Gasteiger partial charge is 0.368 e. The van der Waals surface area contributed by atoms with Crippen molar-refractivity contribution in [2.24, 2.45) is 0 Å². The number of para-hydroxylation sites is 2. The summed E-state index contributed by atoms with van der Waals surface area (Å²) in [5.41, 5.74) is 5.18. The summed E-state index contributed by atoms with van der Waals surface area (Å²) in [5.74, 6) is 0. The molecular weight excluding hydrogens is 332 g/mol. The summed E-state index contributed by atoms with van der Waals surface area (Å²) in [6, 6.07) is 25.8. The first-order valence-corrected chi connectivity index (χ1v) is 9.78. The zero-order chi connectivity index (χ0) is 15.9. The molecule has 2 atom stereocenters. The molecule has 3 aromatic rings. The fourth-order valence-corrected chi connectivity index (χ4v) is 5.63. The zero-order valence-electron chi connectivity index (χ0n) is 12.9. The predicted molar refractivity (Wildman–Crippen MR) is 104 cm³/mol. The van der Waals surface area contributed by atoms with E-state index >= 15 is 0 Å². The maximum Gasteiger partial charge on any atom is 0.103 e. The zero-order valence-corrected chi connectivity index (χ0v) is 14.5. The summed E-state index contributed by atoms with van der Waals surface area (Å²) in [7, 11) is 0. The minimum Gasteiger partial charge on any atom is -0.368 e. The third-order valence-corrected chi connectivity index (χ3v) is 6.83. The number of anilines is 2. The van der Waals surface area contributed by atoms with Gasteiger partial charge in [0.1, 0.15) is 10.7 Å². The van der Waals surface area contributed by atoms with Gasteiger partial charge in [-0.1, -0.05) is 72.1 Å². The second-order valence-electron chi connectivity index (χ2n) is 5.91. The molecule has 0 aromatic heterocycles. The molecule has 2 heterocycles. The van der Waals surface area contributed by atoms with Crippen LogP contribution in [0.1, 0.15) is 21.9 Å². The molecule has 118 valence electrons. The van der Waals surface area contributed by atoms with Gasteiger partial charge in [-0.05, 0) is 35.4 Å². The van der Waals surface area contributed by atoms with E-state index in [1.54, 1.807) is 0 Å². The van der Waals surface area contributed by atoms with Crippen molar-refractivity contribution in [3.8, 4) is 0 Å². The predicted octanol–water partition coefficient (Wildman–Crippen LogP) is 6.12. The Morgan fingerprint density at radius 1 is 0.542 bits per heavy atom. The van der Waals surface area contributed by atoms with Gasteiger partial charge in [-0.25, -0.2) is 0 Å². The van der Waals surface area contributed by atoms with Crippen LogP contribution in [-0.2, 0) is 0 Å². The SMILES string of the molecule is c1ccc2c(c1)NC(c1ccccc1C1Nc3ccccc3S1)S2. The van der Waals surface area contributed by atoms with Crippen LogP contribution in [0.5, 0.6) is 0 Å². The maximum absolute atomic E-state index is 3.66. The van der Waals surface area contributed by atoms with Crippen LogP contribution in [0.4, 0.5) is 11.4 Å². The number of benzene rings is 3. The monoisotopic (exact) mass is 348 g/mol. The van der Waals surface area contributed by atoms with E-state index in [2.05, 4.69) is 83.4 Å². The van der Waals surface area contributed by atoms with E-state index in [1.165, 1.54) is 32.3 Å². The Morgan fingerprint density at radius 2 is 0.958 bits per heavy atom. The molecule has 0 fully saturated rings. The van der Waals surface area contributed by atoms with Gasteiger partial charge in [0.25, 0.3) is 0 Å². The molecule has 0 saturated heterocycles. The van der Waals surface area contributed by atoms with E-state index < -0.39 is 0 Å². The average Bonchev–Trinajstić information content (AvgIpc) is 3.25. The average molecular weight is 348 g/mol. The highest BCUT2D eigenvalue weighted by Crippen LogP contribution is 2.51. The molecule has 0 amide bonds. The van der Waals surface area contributed by atoms with E-state index in [1.807, 2.05) is 23.5 Å². The van der Waals surface area contributed by atoms with Gasteiger partial charge >= 0.3 is 0 Å². The molecule has 0 saturated carbocycles. The van der Waals surface area contributed by atoms with Gasteiger partial charge in [-0.3, -0.25) is 0 Å². The van der Waals surface area contributed by atoms with E-state index in [9.17, 15) is 0 Å². The van der Waals surface area contributed by atoms with Crippen molar-refractivity contribution in [1.29, 1.82) is 0 Å². The molecule has 4 heteroatoms. The first kappa shape index (κ1) is 14.3. The Kier molecular flexibility index (Phi) is 3.46. The van der Waals surface area contributed by atoms with E-state index in [-0.39, 0.29) is 10.7 Å². The molecule has 2 aliphatic rings. The van der Waals surface area contributed by atoms with Gasteiger partial charge in [0.15, 0.2) is 0 Å². The Bertz CT molecular complexity index is 785. The second kappa shape index (κ2) is 5.80. The highest BCUT2D eigenvalue weighted by atomic mass is 32.2. The number of hydrogen-bond donors (Lipinski definition) is 2. The molecule has 3 aromatic carbocycles. The summed E-state index contributed by atoms with van der Waals surface area (Å²) in [6.45, 7) is 0. The lowest BCUT2D eigenvalue weighted by atomic mass is 10.1. The summed E-state index contributed by atoms with van der Waals surface area (Å²) >= 11 is 3.80. The molecule has 0 radical (unpaired) electrons. The molecule has 2 unspecified atom stereocenters. The van der Waals surface area contributed by atoms with Crippen LogP contribution in [0.2, 0.25) is 0 Å². The van der Waals surface area contributed by atoms with Gasteiger partial charge in [0.05, 0.1) is 0 Å². The fourth-order valence-electron chi connectivity index (χ4n) is 3.24. The smallest absolute Gasteiger partial charge is 0.103 e. The Balaban J connectivity index is 1.48. The van der Waals surface area contributed by atoms with Crippen molar-refractivity contribution >= 4 is 34.9 Å². The first-order chi connectivity index (χ1) is 11.9. The quantitative estimate of drug-likeness (QED) is 0.582. The molecule has 0 spiro atoms. The standard InChI is InChI=1S/C20H16N2S2/c1-2-8-14(20-22-16-10-4-6-12-18(16)24-20)13(7-1)19-21-15-9-3-5-11-17(15)23-19/h1-12,19-22H. The van der Waals surface area contributed by atoms with Crippen molar-refractivity contribution in [3.05, 3.63) is 83.9 Å². The molecule has 2 N–H and O–H groups in total. The maximum atomic E-state index is 3.66. The number of fused-ring (bicyclic) bond motifs is 2. The molecule has 0 aliphatic carbocycles. The lowest BCUT2D eigenvalue weighted by Gasteiger charge is -2.20. The molecule has 5 rings (SSSR count). The highest BCUT2D eigenvalue weighted by Gasteiger charge is 2.29. The number of nitrogens with one attached hydrogen (secondary N) is 2. The van der Waals surface area contributed by atoms with Crippen LogP contribution < -0.4 is 10.6 Å². The third-order valence-electron chi connectivity index (χ3n) is 4.40. The van der Waals surface area contributed by atoms with Crippen molar-refractivity contribution in [2.45, 2.75) is 20.5 Å². The van der Waals surface area contributed by atoms with Crippen LogP contribution in [-0.4, -0.2) is 0 Å². The van der Waals surface area contributed by atoms with Gasteiger partial charge in [-0.15, -0.1) is 0 Å². The van der Waals surface area contributed by atoms with E-state index in [0.717, 1.165) is 0 Å². The van der Waals surface area contributed by atoms with Crippen molar-refractivity contribution < 1.29 is 0 Å². The Labute approximate surface area is 150 Å². The third kappa shape index (κ3) is 2.38. The summed E-state index contributed by atoms with van der Waals surface area (Å²) in [4.78, 5) is 2.65. The number of hydrogen-bond acceptors (Lipinski definition) is 4. The molecular formula is C20H16N2S2. The van der Waals surface area contributed by atoms with Crippen LogP contribution >= 0.6 is 23.5 Å². The van der Waals surface area contributed by atoms with Gasteiger partial charge in [0, 0.05) is 21.2 Å². The van der Waals surface area contributed by atoms with Crippen LogP contribution in [0.15, 0.2) is 82.6 Å². The van der Waals surface area contributed by atoms with Gasteiger partial charge < -0.3 is 10.6 Å². The van der Waals surface area contributed by atoms with E-state index in [0.29, 0.717) is 0 Å². The molecule has 2 nitrogen and oxygen atoms in total. The molecule has 24 heavy (non-hydrogen) atoms. The fraction of sp³-hybridized carbons (Fsp3) is 0.100. The van der Waals surface area contributed by atoms with Crippen molar-refractivity contribution in [1.82, 2.24) is 0 Å². The highest BCUT2D eigenvalue weighted by molar-refractivity contribution is 8.00. The first-order valence-electron chi connectivity index (χ1n) is 8.02. The van der Waals surface area contributed by atoms with Crippen molar-refractivity contribution in [2.75, 3.05) is 10.6 Å². The summed E-state index contributed by atoms with van der Waals surface area (Å²) < 4.78 is 0. The van der Waals surface area contributed by atoms with Crippen LogP contribution in [0, 0.1) is 0 Å². The number of rotatable bonds is 2. The summed E-state index contributed by atoms with van der Waals surface area (Å²) in [5, 5.41) is 7.86. The van der Waals surface area contributed by atoms with Crippen LogP contribution in [0.3, 0.4) is 0 Å². The Morgan fingerprint density at radius 3 is 1.42 bits per heavy atom. The second-order valence-corrected chi connectivity index (χ2v) is 8.20. The van der Waals surface area contributed by atoms with Gasteiger partial charge in [0.2, 0.25) is 0 Å².